The minimum atomic E-state index is -3.98. The topological polar surface area (TPSA) is 113 Å². The molecule has 2 heterocycles. The molecule has 2 aromatic heterocycles. The molecule has 0 unspecified atom stereocenters. The summed E-state index contributed by atoms with van der Waals surface area (Å²) in [5.74, 6) is -0.694. The van der Waals surface area contributed by atoms with E-state index in [1.54, 1.807) is 38.1 Å². The first-order chi connectivity index (χ1) is 16.6. The Kier molecular flexibility index (Phi) is 7.27. The highest BCUT2D eigenvalue weighted by molar-refractivity contribution is 9.10. The standard InChI is InChI=1S/C24H22BrClN2O6S/c1-3-28(20-7-4-16(26)10-15(20)12-27-13-17-5-9-22(25)33-17)35(31,32)18-6-8-21-19(11-18)14(2)23(34-21)24(29)30/h4-11,27H,3,12-13H2,1-2H3,(H,29,30). The summed E-state index contributed by atoms with van der Waals surface area (Å²) in [5.41, 5.74) is 1.86. The molecule has 0 aliphatic carbocycles. The first-order valence-electron chi connectivity index (χ1n) is 10.6. The highest BCUT2D eigenvalue weighted by Crippen LogP contribution is 2.32. The zero-order valence-electron chi connectivity index (χ0n) is 18.8. The van der Waals surface area contributed by atoms with Crippen LogP contribution in [0.25, 0.3) is 11.0 Å². The van der Waals surface area contributed by atoms with Crippen LogP contribution >= 0.6 is 27.5 Å². The number of carboxylic acid groups (broad SMARTS) is 1. The molecule has 0 fully saturated rings. The number of fused-ring (bicyclic) bond motifs is 1. The van der Waals surface area contributed by atoms with Gasteiger partial charge in [0.1, 0.15) is 11.3 Å². The molecule has 2 aromatic carbocycles. The predicted octanol–water partition coefficient (Wildman–Crippen LogP) is 5.95. The van der Waals surface area contributed by atoms with Crippen molar-refractivity contribution in [1.29, 1.82) is 0 Å². The van der Waals surface area contributed by atoms with Gasteiger partial charge in [0.15, 0.2) is 4.67 Å². The van der Waals surface area contributed by atoms with Gasteiger partial charge in [-0.1, -0.05) is 11.6 Å². The van der Waals surface area contributed by atoms with Crippen LogP contribution in [0.3, 0.4) is 0 Å². The Morgan fingerprint density at radius 3 is 2.54 bits per heavy atom. The van der Waals surface area contributed by atoms with Crippen molar-refractivity contribution in [3.63, 3.8) is 0 Å². The maximum Gasteiger partial charge on any atom is 0.372 e. The molecule has 4 aromatic rings. The number of hydrogen-bond donors (Lipinski definition) is 2. The van der Waals surface area contributed by atoms with Gasteiger partial charge in [0.25, 0.3) is 10.0 Å². The fourth-order valence-electron chi connectivity index (χ4n) is 3.87. The quantitative estimate of drug-likeness (QED) is 0.251. The summed E-state index contributed by atoms with van der Waals surface area (Å²) in [6, 6.07) is 13.0. The molecule has 0 aliphatic heterocycles. The van der Waals surface area contributed by atoms with Crippen molar-refractivity contribution in [2.45, 2.75) is 31.8 Å². The number of furan rings is 2. The van der Waals surface area contributed by atoms with Crippen molar-refractivity contribution >= 4 is 60.2 Å². The molecular weight excluding hydrogens is 560 g/mol. The summed E-state index contributed by atoms with van der Waals surface area (Å²) < 4.78 is 40.2. The fourth-order valence-corrected chi connectivity index (χ4v) is 5.94. The summed E-state index contributed by atoms with van der Waals surface area (Å²) in [7, 11) is -3.98. The Bertz CT molecular complexity index is 1510. The average molecular weight is 582 g/mol. The Morgan fingerprint density at radius 2 is 1.89 bits per heavy atom. The SMILES string of the molecule is CCN(c1ccc(Cl)cc1CNCc1ccc(Br)o1)S(=O)(=O)c1ccc2oc(C(=O)O)c(C)c2c1. The molecule has 4 rings (SSSR count). The third kappa shape index (κ3) is 5.11. The normalized spacial score (nSPS) is 11.8. The van der Waals surface area contributed by atoms with Crippen LogP contribution in [0.1, 0.15) is 34.4 Å². The number of carboxylic acids is 1. The zero-order valence-corrected chi connectivity index (χ0v) is 22.0. The predicted molar refractivity (Wildman–Crippen MR) is 137 cm³/mol. The van der Waals surface area contributed by atoms with E-state index in [9.17, 15) is 18.3 Å². The van der Waals surface area contributed by atoms with Crippen LogP contribution in [-0.4, -0.2) is 26.0 Å². The molecule has 35 heavy (non-hydrogen) atoms. The molecule has 0 saturated heterocycles. The lowest BCUT2D eigenvalue weighted by Crippen LogP contribution is -2.32. The van der Waals surface area contributed by atoms with Gasteiger partial charge in [-0.25, -0.2) is 13.2 Å². The van der Waals surface area contributed by atoms with E-state index in [2.05, 4.69) is 21.2 Å². The number of carbonyl (C=O) groups is 1. The van der Waals surface area contributed by atoms with Gasteiger partial charge in [-0.15, -0.1) is 0 Å². The monoisotopic (exact) mass is 580 g/mol. The average Bonchev–Trinajstić information content (AvgIpc) is 3.38. The highest BCUT2D eigenvalue weighted by atomic mass is 79.9. The van der Waals surface area contributed by atoms with Gasteiger partial charge in [-0.2, -0.15) is 0 Å². The van der Waals surface area contributed by atoms with E-state index in [4.69, 9.17) is 20.4 Å². The summed E-state index contributed by atoms with van der Waals surface area (Å²) >= 11 is 9.50. The number of rotatable bonds is 9. The van der Waals surface area contributed by atoms with Gasteiger partial charge >= 0.3 is 5.97 Å². The number of nitrogens with one attached hydrogen (secondary N) is 1. The molecule has 0 saturated carbocycles. The van der Waals surface area contributed by atoms with Gasteiger partial charge < -0.3 is 19.3 Å². The number of benzene rings is 2. The van der Waals surface area contributed by atoms with E-state index >= 15 is 0 Å². The second kappa shape index (κ2) is 10.1. The molecule has 0 radical (unpaired) electrons. The summed E-state index contributed by atoms with van der Waals surface area (Å²) in [6.45, 7) is 4.30. The van der Waals surface area contributed by atoms with Gasteiger partial charge in [0.05, 0.1) is 17.1 Å². The van der Waals surface area contributed by atoms with Crippen LogP contribution in [-0.2, 0) is 23.1 Å². The fraction of sp³-hybridized carbons (Fsp3) is 0.208. The maximum atomic E-state index is 13.7. The van der Waals surface area contributed by atoms with Crippen LogP contribution in [0.2, 0.25) is 5.02 Å². The molecule has 0 spiro atoms. The van der Waals surface area contributed by atoms with Gasteiger partial charge in [0.2, 0.25) is 5.76 Å². The van der Waals surface area contributed by atoms with Gasteiger partial charge in [-0.3, -0.25) is 4.31 Å². The third-order valence-corrected chi connectivity index (χ3v) is 8.08. The van der Waals surface area contributed by atoms with Crippen molar-refractivity contribution in [1.82, 2.24) is 5.32 Å². The number of halogens is 2. The lowest BCUT2D eigenvalue weighted by Gasteiger charge is -2.26. The van der Waals surface area contributed by atoms with Crippen molar-refractivity contribution < 1.29 is 27.2 Å². The minimum Gasteiger partial charge on any atom is -0.475 e. The maximum absolute atomic E-state index is 13.7. The first kappa shape index (κ1) is 25.3. The molecule has 8 nitrogen and oxygen atoms in total. The van der Waals surface area contributed by atoms with E-state index in [1.807, 2.05) is 6.07 Å². The lowest BCUT2D eigenvalue weighted by atomic mass is 10.1. The zero-order chi connectivity index (χ0) is 25.3. The summed E-state index contributed by atoms with van der Waals surface area (Å²) in [5, 5.41) is 13.5. The molecule has 0 aliphatic rings. The van der Waals surface area contributed by atoms with Gasteiger partial charge in [-0.05, 0) is 83.9 Å². The van der Waals surface area contributed by atoms with Crippen molar-refractivity contribution in [2.24, 2.45) is 0 Å². The Labute approximate surface area is 215 Å². The summed E-state index contributed by atoms with van der Waals surface area (Å²) in [4.78, 5) is 11.4. The highest BCUT2D eigenvalue weighted by Gasteiger charge is 2.27. The number of anilines is 1. The van der Waals surface area contributed by atoms with Crippen LogP contribution in [0.15, 0.2) is 66.9 Å². The number of aromatic carboxylic acids is 1. The smallest absolute Gasteiger partial charge is 0.372 e. The number of hydrogen-bond acceptors (Lipinski definition) is 6. The molecular formula is C24H22BrClN2O6S. The second-order valence-corrected chi connectivity index (χ2v) is 10.9. The van der Waals surface area contributed by atoms with E-state index in [1.165, 1.54) is 22.5 Å². The minimum absolute atomic E-state index is 0.0296. The van der Waals surface area contributed by atoms with E-state index < -0.39 is 16.0 Å². The van der Waals surface area contributed by atoms with Crippen LogP contribution in [0, 0.1) is 6.92 Å². The first-order valence-corrected chi connectivity index (χ1v) is 13.3. The second-order valence-electron chi connectivity index (χ2n) is 7.77. The molecule has 184 valence electrons. The largest absolute Gasteiger partial charge is 0.475 e. The molecule has 2 N–H and O–H groups in total. The molecule has 0 amide bonds. The van der Waals surface area contributed by atoms with Crippen LogP contribution in [0.4, 0.5) is 5.69 Å². The van der Waals surface area contributed by atoms with Crippen LogP contribution < -0.4 is 9.62 Å². The Morgan fingerprint density at radius 1 is 1.11 bits per heavy atom. The van der Waals surface area contributed by atoms with Crippen molar-refractivity contribution in [3.8, 4) is 0 Å². The number of aryl methyl sites for hydroxylation is 1. The molecule has 0 atom stereocenters. The van der Waals surface area contributed by atoms with E-state index in [-0.39, 0.29) is 17.2 Å². The number of sulfonamides is 1. The number of nitrogens with zero attached hydrogens (tertiary/aromatic N) is 1. The van der Waals surface area contributed by atoms with Crippen molar-refractivity contribution in [2.75, 3.05) is 10.8 Å². The van der Waals surface area contributed by atoms with Crippen molar-refractivity contribution in [3.05, 3.63) is 80.9 Å². The Balaban J connectivity index is 1.68. The third-order valence-electron chi connectivity index (χ3n) is 5.53. The lowest BCUT2D eigenvalue weighted by molar-refractivity contribution is 0.0664. The van der Waals surface area contributed by atoms with E-state index in [0.717, 1.165) is 5.76 Å². The molecule has 11 heteroatoms. The van der Waals surface area contributed by atoms with Crippen LogP contribution in [0.5, 0.6) is 0 Å². The molecule has 0 bridgehead atoms. The summed E-state index contributed by atoms with van der Waals surface area (Å²) in [6.07, 6.45) is 0. The van der Waals surface area contributed by atoms with E-state index in [0.29, 0.717) is 50.6 Å². The Hall–Kier alpha value is -2.79. The van der Waals surface area contributed by atoms with Gasteiger partial charge in [0, 0.05) is 29.1 Å².